The minimum Gasteiger partial charge on any atom is -0.494 e. The van der Waals surface area contributed by atoms with Crippen molar-refractivity contribution in [3.63, 3.8) is 0 Å². The lowest BCUT2D eigenvalue weighted by Crippen LogP contribution is -2.38. The third kappa shape index (κ3) is 4.18. The number of halogens is 1. The van der Waals surface area contributed by atoms with Crippen LogP contribution in [0.2, 0.25) is 5.02 Å². The minimum absolute atomic E-state index is 0.138. The van der Waals surface area contributed by atoms with Crippen molar-refractivity contribution < 1.29 is 9.53 Å². The zero-order valence-electron chi connectivity index (χ0n) is 20.2. The fraction of sp³-hybridized carbons (Fsp3) is 0.276. The van der Waals surface area contributed by atoms with Gasteiger partial charge in [-0.25, -0.2) is 4.79 Å². The monoisotopic (exact) mass is 517 g/mol. The third-order valence-electron chi connectivity index (χ3n) is 7.02. The molecular formula is C29H28ClN3O2S. The first kappa shape index (κ1) is 23.2. The Kier molecular flexibility index (Phi) is 6.23. The number of carbonyl (C=O) groups is 1. The maximum atomic E-state index is 14.0. The van der Waals surface area contributed by atoms with E-state index in [1.807, 2.05) is 47.4 Å². The Morgan fingerprint density at radius 3 is 2.75 bits per heavy atom. The van der Waals surface area contributed by atoms with Gasteiger partial charge in [0.1, 0.15) is 10.8 Å². The lowest BCUT2D eigenvalue weighted by Gasteiger charge is -2.31. The van der Waals surface area contributed by atoms with Crippen molar-refractivity contribution in [2.24, 2.45) is 0 Å². The van der Waals surface area contributed by atoms with Crippen LogP contribution in [0, 0.1) is 0 Å². The number of thiophene rings is 1. The molecule has 2 aliphatic rings. The molecule has 1 atom stereocenters. The van der Waals surface area contributed by atoms with Crippen molar-refractivity contribution in [1.82, 2.24) is 9.47 Å². The normalized spacial score (nSPS) is 16.5. The van der Waals surface area contributed by atoms with Crippen molar-refractivity contribution >= 4 is 34.7 Å². The van der Waals surface area contributed by atoms with Crippen molar-refractivity contribution in [2.75, 3.05) is 11.9 Å². The molecule has 5 nitrogen and oxygen atoms in total. The largest absolute Gasteiger partial charge is 0.494 e. The number of hydrogen-bond donors (Lipinski definition) is 1. The van der Waals surface area contributed by atoms with Crippen LogP contribution in [0.4, 0.5) is 10.5 Å². The molecule has 1 aliphatic heterocycles. The molecule has 2 amide bonds. The standard InChI is InChI=1S/C29H28ClN3O2S/c1-2-35-22-8-5-7-19(17-22)27-25-10-6-16-32(25)28-24(23-9-3-4-11-26(23)36-28)18-33(27)29(34)31-21-14-12-20(30)13-15-21/h5-8,10,12-17,27H,2-4,9,11,18H2,1H3,(H,31,34)/t27-/m1/s1. The molecule has 0 radical (unpaired) electrons. The number of hydrogen-bond acceptors (Lipinski definition) is 3. The summed E-state index contributed by atoms with van der Waals surface area (Å²) in [5.74, 6) is 0.808. The third-order valence-corrected chi connectivity index (χ3v) is 8.61. The molecule has 0 unspecified atom stereocenters. The van der Waals surface area contributed by atoms with Gasteiger partial charge in [0.15, 0.2) is 0 Å². The summed E-state index contributed by atoms with van der Waals surface area (Å²) in [6.45, 7) is 3.12. The zero-order chi connectivity index (χ0) is 24.6. The molecule has 2 aromatic heterocycles. The average molecular weight is 518 g/mol. The van der Waals surface area contributed by atoms with Crippen LogP contribution in [0.5, 0.6) is 5.75 Å². The molecule has 3 heterocycles. The molecule has 0 spiro atoms. The maximum absolute atomic E-state index is 14.0. The minimum atomic E-state index is -0.272. The van der Waals surface area contributed by atoms with E-state index in [4.69, 9.17) is 16.3 Å². The van der Waals surface area contributed by atoms with E-state index in [1.54, 1.807) is 12.1 Å². The Morgan fingerprint density at radius 1 is 1.08 bits per heavy atom. The second kappa shape index (κ2) is 9.68. The van der Waals surface area contributed by atoms with Crippen LogP contribution in [0.25, 0.3) is 5.00 Å². The highest BCUT2D eigenvalue weighted by atomic mass is 35.5. The van der Waals surface area contributed by atoms with Gasteiger partial charge in [-0.15, -0.1) is 11.3 Å². The van der Waals surface area contributed by atoms with Crippen LogP contribution in [0.1, 0.15) is 53.1 Å². The summed E-state index contributed by atoms with van der Waals surface area (Å²) in [5, 5.41) is 5.01. The van der Waals surface area contributed by atoms with Crippen molar-refractivity contribution in [1.29, 1.82) is 0 Å². The number of ether oxygens (including phenoxy) is 1. The van der Waals surface area contributed by atoms with Crippen LogP contribution in [-0.2, 0) is 19.4 Å². The summed E-state index contributed by atoms with van der Waals surface area (Å²) >= 11 is 7.97. The van der Waals surface area contributed by atoms with Crippen LogP contribution >= 0.6 is 22.9 Å². The van der Waals surface area contributed by atoms with Gasteiger partial charge in [0.05, 0.1) is 24.9 Å². The molecular weight excluding hydrogens is 490 g/mol. The van der Waals surface area contributed by atoms with Gasteiger partial charge in [0, 0.05) is 27.3 Å². The van der Waals surface area contributed by atoms with Crippen molar-refractivity contribution in [3.05, 3.63) is 99.1 Å². The summed E-state index contributed by atoms with van der Waals surface area (Å²) < 4.78 is 8.12. The molecule has 1 aliphatic carbocycles. The lowest BCUT2D eigenvalue weighted by atomic mass is 9.95. The molecule has 184 valence electrons. The van der Waals surface area contributed by atoms with Gasteiger partial charge < -0.3 is 19.5 Å². The Hall–Kier alpha value is -3.22. The Balaban J connectivity index is 1.48. The van der Waals surface area contributed by atoms with Crippen molar-refractivity contribution in [2.45, 2.75) is 45.2 Å². The molecule has 6 rings (SSSR count). The predicted molar refractivity (Wildman–Crippen MR) is 146 cm³/mol. The molecule has 0 bridgehead atoms. The molecule has 0 saturated carbocycles. The molecule has 0 saturated heterocycles. The van der Waals surface area contributed by atoms with E-state index < -0.39 is 0 Å². The maximum Gasteiger partial charge on any atom is 0.322 e. The summed E-state index contributed by atoms with van der Waals surface area (Å²) in [6, 6.07) is 19.2. The van der Waals surface area contributed by atoms with Crippen LogP contribution in [0.15, 0.2) is 66.9 Å². The number of aryl methyl sites for hydroxylation is 1. The highest BCUT2D eigenvalue weighted by molar-refractivity contribution is 7.15. The van der Waals surface area contributed by atoms with Gasteiger partial charge in [-0.3, -0.25) is 0 Å². The van der Waals surface area contributed by atoms with Gasteiger partial charge in [-0.05, 0) is 92.3 Å². The SMILES string of the molecule is CCOc1cccc([C@@H]2c3cccn3-c3sc4c(c3CN2C(=O)Nc2ccc(Cl)cc2)CCCC4)c1. The number of fused-ring (bicyclic) bond motifs is 5. The van der Waals surface area contributed by atoms with Gasteiger partial charge in [0.25, 0.3) is 0 Å². The number of nitrogens with one attached hydrogen (secondary N) is 1. The predicted octanol–water partition coefficient (Wildman–Crippen LogP) is 7.61. The fourth-order valence-electron chi connectivity index (χ4n) is 5.41. The first-order valence-corrected chi connectivity index (χ1v) is 13.7. The number of urea groups is 1. The van der Waals surface area contributed by atoms with Gasteiger partial charge in [0.2, 0.25) is 0 Å². The number of amides is 2. The smallest absolute Gasteiger partial charge is 0.322 e. The molecule has 0 fully saturated rings. The highest BCUT2D eigenvalue weighted by Crippen LogP contribution is 2.44. The van der Waals surface area contributed by atoms with E-state index in [-0.39, 0.29) is 12.1 Å². The first-order chi connectivity index (χ1) is 17.6. The van der Waals surface area contributed by atoms with Crippen LogP contribution in [0.3, 0.4) is 0 Å². The first-order valence-electron chi connectivity index (χ1n) is 12.5. The summed E-state index contributed by atoms with van der Waals surface area (Å²) in [6.07, 6.45) is 6.77. The lowest BCUT2D eigenvalue weighted by molar-refractivity contribution is 0.194. The second-order valence-corrected chi connectivity index (χ2v) is 10.8. The van der Waals surface area contributed by atoms with E-state index in [9.17, 15) is 4.79 Å². The number of anilines is 1. The number of nitrogens with zero attached hydrogens (tertiary/aromatic N) is 2. The van der Waals surface area contributed by atoms with Crippen LogP contribution in [-0.4, -0.2) is 22.1 Å². The van der Waals surface area contributed by atoms with E-state index in [0.29, 0.717) is 18.2 Å². The average Bonchev–Trinajstić information content (AvgIpc) is 3.47. The molecule has 4 aromatic rings. The van der Waals surface area contributed by atoms with E-state index in [0.717, 1.165) is 35.5 Å². The summed E-state index contributed by atoms with van der Waals surface area (Å²) in [4.78, 5) is 17.4. The summed E-state index contributed by atoms with van der Waals surface area (Å²) in [5.41, 5.74) is 5.54. The Bertz CT molecular complexity index is 1410. The van der Waals surface area contributed by atoms with E-state index in [2.05, 4.69) is 40.3 Å². The van der Waals surface area contributed by atoms with Gasteiger partial charge in [-0.1, -0.05) is 23.7 Å². The second-order valence-electron chi connectivity index (χ2n) is 9.27. The van der Waals surface area contributed by atoms with Gasteiger partial charge >= 0.3 is 6.03 Å². The van der Waals surface area contributed by atoms with Gasteiger partial charge in [-0.2, -0.15) is 0 Å². The highest BCUT2D eigenvalue weighted by Gasteiger charge is 2.36. The molecule has 2 aromatic carbocycles. The Morgan fingerprint density at radius 2 is 1.92 bits per heavy atom. The van der Waals surface area contributed by atoms with E-state index >= 15 is 0 Å². The topological polar surface area (TPSA) is 46.5 Å². The number of benzene rings is 2. The number of carbonyl (C=O) groups excluding carboxylic acids is 1. The fourth-order valence-corrected chi connectivity index (χ4v) is 6.94. The zero-order valence-corrected chi connectivity index (χ0v) is 21.7. The quantitative estimate of drug-likeness (QED) is 0.303. The molecule has 36 heavy (non-hydrogen) atoms. The molecule has 7 heteroatoms. The van der Waals surface area contributed by atoms with Crippen LogP contribution < -0.4 is 10.1 Å². The number of rotatable bonds is 4. The number of aromatic nitrogens is 1. The van der Waals surface area contributed by atoms with E-state index in [1.165, 1.54) is 33.8 Å². The summed E-state index contributed by atoms with van der Waals surface area (Å²) in [7, 11) is 0. The molecule has 1 N–H and O–H groups in total. The Labute approximate surface area is 220 Å². The van der Waals surface area contributed by atoms with Crippen molar-refractivity contribution in [3.8, 4) is 10.8 Å².